The highest BCUT2D eigenvalue weighted by Crippen LogP contribution is 2.35. The predicted molar refractivity (Wildman–Crippen MR) is 97.1 cm³/mol. The maximum absolute atomic E-state index is 11.2. The highest BCUT2D eigenvalue weighted by Gasteiger charge is 2.15. The predicted octanol–water partition coefficient (Wildman–Crippen LogP) is 5.54. The van der Waals surface area contributed by atoms with Crippen molar-refractivity contribution in [3.8, 4) is 21.7 Å². The van der Waals surface area contributed by atoms with Crippen molar-refractivity contribution in [2.24, 2.45) is 0 Å². The van der Waals surface area contributed by atoms with Crippen molar-refractivity contribution in [3.05, 3.63) is 82.9 Å². The molecule has 4 nitrogen and oxygen atoms in total. The average molecular weight is 332 g/mol. The van der Waals surface area contributed by atoms with Gasteiger partial charge in [0.05, 0.1) is 20.7 Å². The third-order valence-electron chi connectivity index (χ3n) is 3.82. The molecule has 4 rings (SSSR count). The van der Waals surface area contributed by atoms with Crippen LogP contribution in [0.3, 0.4) is 0 Å². The Morgan fingerprint density at radius 1 is 0.875 bits per heavy atom. The fraction of sp³-hybridized carbons (Fsp3) is 0. The molecule has 24 heavy (non-hydrogen) atoms. The van der Waals surface area contributed by atoms with Crippen LogP contribution in [0, 0.1) is 10.1 Å². The molecule has 1 aromatic heterocycles. The number of fused-ring (bicyclic) bond motifs is 1. The van der Waals surface area contributed by atoms with Crippen LogP contribution in [0.1, 0.15) is 0 Å². The highest BCUT2D eigenvalue weighted by atomic mass is 32.1. The number of benzene rings is 3. The van der Waals surface area contributed by atoms with Crippen molar-refractivity contribution >= 4 is 27.2 Å². The van der Waals surface area contributed by atoms with E-state index in [2.05, 4.69) is 0 Å². The van der Waals surface area contributed by atoms with Gasteiger partial charge < -0.3 is 0 Å². The molecule has 116 valence electrons. The van der Waals surface area contributed by atoms with Crippen LogP contribution in [-0.4, -0.2) is 9.91 Å². The third-order valence-corrected chi connectivity index (χ3v) is 4.91. The van der Waals surface area contributed by atoms with Gasteiger partial charge in [-0.3, -0.25) is 10.1 Å². The number of nitro benzene ring substituents is 1. The second-order valence-electron chi connectivity index (χ2n) is 5.34. The summed E-state index contributed by atoms with van der Waals surface area (Å²) in [5.41, 5.74) is 3.45. The van der Waals surface area contributed by atoms with E-state index in [1.54, 1.807) is 23.5 Å². The molecule has 0 aliphatic carbocycles. The second kappa shape index (κ2) is 5.86. The second-order valence-corrected chi connectivity index (χ2v) is 6.37. The molecule has 0 aliphatic heterocycles. The van der Waals surface area contributed by atoms with E-state index in [1.807, 2.05) is 54.6 Å². The number of rotatable bonds is 3. The molecular formula is C19H12N2O2S. The monoisotopic (exact) mass is 332 g/mol. The van der Waals surface area contributed by atoms with Gasteiger partial charge in [0.1, 0.15) is 5.01 Å². The topological polar surface area (TPSA) is 56.0 Å². The Morgan fingerprint density at radius 3 is 2.42 bits per heavy atom. The SMILES string of the molecule is O=[N+]([O-])c1ccccc1-c1ccc2sc(-c3ccccc3)nc2c1. The van der Waals surface area contributed by atoms with Gasteiger partial charge in [0.2, 0.25) is 0 Å². The molecule has 0 N–H and O–H groups in total. The van der Waals surface area contributed by atoms with Crippen molar-refractivity contribution in [2.75, 3.05) is 0 Å². The van der Waals surface area contributed by atoms with E-state index in [0.29, 0.717) is 5.56 Å². The van der Waals surface area contributed by atoms with Crippen molar-refractivity contribution in [1.29, 1.82) is 0 Å². The third kappa shape index (κ3) is 2.55. The summed E-state index contributed by atoms with van der Waals surface area (Å²) in [7, 11) is 0. The molecule has 0 radical (unpaired) electrons. The van der Waals surface area contributed by atoms with E-state index in [9.17, 15) is 10.1 Å². The van der Waals surface area contributed by atoms with Gasteiger partial charge in [0.25, 0.3) is 5.69 Å². The van der Waals surface area contributed by atoms with Crippen molar-refractivity contribution in [2.45, 2.75) is 0 Å². The van der Waals surface area contributed by atoms with Crippen LogP contribution in [0.5, 0.6) is 0 Å². The van der Waals surface area contributed by atoms with Crippen LogP contribution in [0.25, 0.3) is 31.9 Å². The van der Waals surface area contributed by atoms with Crippen LogP contribution in [0.4, 0.5) is 5.69 Å². The van der Waals surface area contributed by atoms with Crippen LogP contribution in [-0.2, 0) is 0 Å². The van der Waals surface area contributed by atoms with E-state index in [1.165, 1.54) is 6.07 Å². The minimum atomic E-state index is -0.351. The van der Waals surface area contributed by atoms with Gasteiger partial charge in [0, 0.05) is 11.6 Å². The van der Waals surface area contributed by atoms with E-state index in [0.717, 1.165) is 26.4 Å². The molecule has 0 amide bonds. The lowest BCUT2D eigenvalue weighted by Crippen LogP contribution is -1.91. The van der Waals surface area contributed by atoms with E-state index in [-0.39, 0.29) is 10.6 Å². The maximum atomic E-state index is 11.2. The summed E-state index contributed by atoms with van der Waals surface area (Å²) in [6.07, 6.45) is 0. The minimum absolute atomic E-state index is 0.107. The molecule has 0 aliphatic rings. The Hall–Kier alpha value is -3.05. The number of para-hydroxylation sites is 1. The van der Waals surface area contributed by atoms with E-state index in [4.69, 9.17) is 4.98 Å². The Morgan fingerprint density at radius 2 is 1.62 bits per heavy atom. The fourth-order valence-electron chi connectivity index (χ4n) is 2.68. The molecule has 3 aromatic carbocycles. The van der Waals surface area contributed by atoms with Gasteiger partial charge in [0.15, 0.2) is 0 Å². The zero-order valence-electron chi connectivity index (χ0n) is 12.5. The summed E-state index contributed by atoms with van der Waals surface area (Å²) >= 11 is 1.62. The largest absolute Gasteiger partial charge is 0.277 e. The standard InChI is InChI=1S/C19H12N2O2S/c22-21(23)17-9-5-4-8-15(17)14-10-11-18-16(12-14)20-19(24-18)13-6-2-1-3-7-13/h1-12H. The number of hydrogen-bond acceptors (Lipinski definition) is 4. The first-order chi connectivity index (χ1) is 11.7. The first-order valence-electron chi connectivity index (χ1n) is 7.42. The summed E-state index contributed by atoms with van der Waals surface area (Å²) in [6.45, 7) is 0. The van der Waals surface area contributed by atoms with Crippen LogP contribution < -0.4 is 0 Å². The molecule has 0 saturated carbocycles. The molecule has 4 aromatic rings. The summed E-state index contributed by atoms with van der Waals surface area (Å²) in [5, 5.41) is 12.2. The van der Waals surface area contributed by atoms with Gasteiger partial charge in [-0.25, -0.2) is 4.98 Å². The Balaban J connectivity index is 1.84. The molecule has 1 heterocycles. The molecule has 0 unspecified atom stereocenters. The van der Waals surface area contributed by atoms with E-state index < -0.39 is 0 Å². The summed E-state index contributed by atoms with van der Waals surface area (Å²) in [6, 6.07) is 22.6. The number of hydrogen-bond donors (Lipinski definition) is 0. The lowest BCUT2D eigenvalue weighted by Gasteiger charge is -2.02. The van der Waals surface area contributed by atoms with Gasteiger partial charge in [-0.05, 0) is 23.8 Å². The van der Waals surface area contributed by atoms with Crippen molar-refractivity contribution in [1.82, 2.24) is 4.98 Å². The van der Waals surface area contributed by atoms with Gasteiger partial charge in [-0.15, -0.1) is 11.3 Å². The Bertz CT molecular complexity index is 1040. The van der Waals surface area contributed by atoms with Crippen molar-refractivity contribution in [3.63, 3.8) is 0 Å². The lowest BCUT2D eigenvalue weighted by atomic mass is 10.0. The molecule has 0 spiro atoms. The van der Waals surface area contributed by atoms with Crippen molar-refractivity contribution < 1.29 is 4.92 Å². The average Bonchev–Trinajstić information content (AvgIpc) is 3.05. The summed E-state index contributed by atoms with van der Waals surface area (Å²) in [5.74, 6) is 0. The zero-order valence-corrected chi connectivity index (χ0v) is 13.4. The molecule has 0 bridgehead atoms. The maximum Gasteiger partial charge on any atom is 0.277 e. The summed E-state index contributed by atoms with van der Waals surface area (Å²) in [4.78, 5) is 15.6. The normalized spacial score (nSPS) is 10.8. The molecule has 0 saturated heterocycles. The number of nitro groups is 1. The highest BCUT2D eigenvalue weighted by molar-refractivity contribution is 7.21. The fourth-order valence-corrected chi connectivity index (χ4v) is 3.63. The van der Waals surface area contributed by atoms with Gasteiger partial charge in [-0.1, -0.05) is 48.5 Å². The Kier molecular flexibility index (Phi) is 3.55. The number of aromatic nitrogens is 1. The molecule has 5 heteroatoms. The quantitative estimate of drug-likeness (QED) is 0.366. The zero-order chi connectivity index (χ0) is 16.5. The summed E-state index contributed by atoms with van der Waals surface area (Å²) < 4.78 is 1.07. The van der Waals surface area contributed by atoms with Gasteiger partial charge in [-0.2, -0.15) is 0 Å². The van der Waals surface area contributed by atoms with Crippen LogP contribution in [0.2, 0.25) is 0 Å². The molecule has 0 fully saturated rings. The van der Waals surface area contributed by atoms with E-state index >= 15 is 0 Å². The smallest absolute Gasteiger partial charge is 0.258 e. The van der Waals surface area contributed by atoms with Gasteiger partial charge >= 0.3 is 0 Å². The molecular weight excluding hydrogens is 320 g/mol. The Labute approximate surface area is 142 Å². The number of nitrogens with zero attached hydrogens (tertiary/aromatic N) is 2. The number of thiazole rings is 1. The minimum Gasteiger partial charge on any atom is -0.258 e. The van der Waals surface area contributed by atoms with Crippen LogP contribution in [0.15, 0.2) is 72.8 Å². The molecule has 0 atom stereocenters. The lowest BCUT2D eigenvalue weighted by molar-refractivity contribution is -0.384. The first-order valence-corrected chi connectivity index (χ1v) is 8.24. The first kappa shape index (κ1) is 14.5. The van der Waals surface area contributed by atoms with Crippen LogP contribution >= 0.6 is 11.3 Å².